The lowest BCUT2D eigenvalue weighted by Gasteiger charge is -2.37. The van der Waals surface area contributed by atoms with Gasteiger partial charge in [-0.3, -0.25) is 14.9 Å². The van der Waals surface area contributed by atoms with E-state index in [1.54, 1.807) is 43.5 Å². The normalized spacial score (nSPS) is 12.5. The number of aliphatic hydroxyl groups excluding tert-OH is 1. The summed E-state index contributed by atoms with van der Waals surface area (Å²) in [5, 5.41) is 19.0. The summed E-state index contributed by atoms with van der Waals surface area (Å²) in [5.74, 6) is -0.527. The lowest BCUT2D eigenvalue weighted by molar-refractivity contribution is -0.127. The van der Waals surface area contributed by atoms with Gasteiger partial charge in [-0.2, -0.15) is 0 Å². The van der Waals surface area contributed by atoms with E-state index in [-0.39, 0.29) is 18.9 Å². The molecule has 9 heteroatoms. The molecule has 0 aliphatic rings. The second-order valence-electron chi connectivity index (χ2n) is 12.5. The molecule has 2 amide bonds. The molecule has 2 atom stereocenters. The average molecular weight is 689 g/mol. The number of aliphatic hydroxyl groups is 1. The third-order valence-corrected chi connectivity index (χ3v) is 8.96. The molecule has 0 heterocycles. The van der Waals surface area contributed by atoms with E-state index in [4.69, 9.17) is 10.5 Å². The molecule has 5 aromatic rings. The molecule has 8 nitrogen and oxygen atoms in total. The Bertz CT molecular complexity index is 1800. The van der Waals surface area contributed by atoms with Crippen LogP contribution >= 0.6 is 0 Å². The van der Waals surface area contributed by atoms with E-state index >= 15 is 0 Å². The monoisotopic (exact) mass is 688 g/mol. The van der Waals surface area contributed by atoms with Crippen molar-refractivity contribution in [2.75, 3.05) is 19.0 Å². The highest BCUT2D eigenvalue weighted by Crippen LogP contribution is 2.37. The first-order valence-electron chi connectivity index (χ1n) is 17.1. The molecule has 6 N–H and O–H groups in total. The Hall–Kier alpha value is -5.35. The van der Waals surface area contributed by atoms with Crippen LogP contribution in [0.3, 0.4) is 0 Å². The summed E-state index contributed by atoms with van der Waals surface area (Å²) in [6.07, 6.45) is 1.78. The molecule has 5 aromatic carbocycles. The van der Waals surface area contributed by atoms with Crippen LogP contribution < -0.4 is 26.4 Å². The zero-order valence-electron chi connectivity index (χ0n) is 28.7. The highest BCUT2D eigenvalue weighted by Gasteiger charge is 2.36. The maximum Gasteiger partial charge on any atom is 0.246 e. The molecule has 264 valence electrons. The molecular formula is C42H45FN4O4. The molecule has 5 rings (SSSR count). The van der Waals surface area contributed by atoms with Crippen LogP contribution in [0.25, 0.3) is 0 Å². The van der Waals surface area contributed by atoms with Gasteiger partial charge in [-0.05, 0) is 96.4 Å². The number of anilines is 1. The van der Waals surface area contributed by atoms with Gasteiger partial charge >= 0.3 is 0 Å². The van der Waals surface area contributed by atoms with Crippen molar-refractivity contribution in [3.63, 3.8) is 0 Å². The molecule has 51 heavy (non-hydrogen) atoms. The molecule has 0 aromatic heterocycles. The zero-order chi connectivity index (χ0) is 36.1. The van der Waals surface area contributed by atoms with E-state index in [2.05, 4.69) is 52.3 Å². The fourth-order valence-electron chi connectivity index (χ4n) is 6.25. The van der Waals surface area contributed by atoms with Gasteiger partial charge in [0.1, 0.15) is 17.6 Å². The Labute approximate surface area is 298 Å². The molecule has 0 bridgehead atoms. The number of benzene rings is 5. The number of ether oxygens (including phenoxy) is 1. The number of nitrogens with two attached hydrogens (primary N) is 1. The van der Waals surface area contributed by atoms with Crippen LogP contribution in [0.15, 0.2) is 133 Å². The highest BCUT2D eigenvalue weighted by molar-refractivity contribution is 5.97. The van der Waals surface area contributed by atoms with Crippen molar-refractivity contribution in [3.05, 3.63) is 167 Å². The summed E-state index contributed by atoms with van der Waals surface area (Å²) < 4.78 is 19.2. The number of carbonyl (C=O) groups is 2. The standard InChI is InChI=1S/C42H45FN4O4/c1-51-37-24-20-34(21-25-37)42(32-12-4-2-5-13-32,33-14-6-3-7-15-33)45-26-9-8-17-39(41(50)46-36-22-18-30(29-48)19-23-36)47-40(49)38(44)28-31-11-10-16-35(43)27-31/h2-7,10-16,18-25,27,38-39,45,48H,8-9,17,26,28-29,44H2,1H3,(H,46,50)(H,47,49)/t38-,39-/m0/s1. The van der Waals surface area contributed by atoms with E-state index in [0.717, 1.165) is 22.4 Å². The summed E-state index contributed by atoms with van der Waals surface area (Å²) in [6, 6.07) is 39.6. The number of rotatable bonds is 17. The lowest BCUT2D eigenvalue weighted by atomic mass is 9.77. The van der Waals surface area contributed by atoms with Gasteiger partial charge in [0.15, 0.2) is 0 Å². The summed E-state index contributed by atoms with van der Waals surface area (Å²) in [6.45, 7) is 0.484. The Morgan fingerprint density at radius 1 is 0.765 bits per heavy atom. The van der Waals surface area contributed by atoms with Crippen molar-refractivity contribution in [3.8, 4) is 5.75 Å². The van der Waals surface area contributed by atoms with E-state index in [9.17, 15) is 19.1 Å². The van der Waals surface area contributed by atoms with Gasteiger partial charge < -0.3 is 26.2 Å². The van der Waals surface area contributed by atoms with Crippen molar-refractivity contribution in [2.45, 2.75) is 49.9 Å². The van der Waals surface area contributed by atoms with Crippen LogP contribution in [0.4, 0.5) is 10.1 Å². The first kappa shape index (κ1) is 36.9. The number of methoxy groups -OCH3 is 1. The Kier molecular flexibility index (Phi) is 13.1. The molecule has 0 radical (unpaired) electrons. The number of hydrogen-bond acceptors (Lipinski definition) is 6. The van der Waals surface area contributed by atoms with E-state index < -0.39 is 29.3 Å². The number of unbranched alkanes of at least 4 members (excludes halogenated alkanes) is 1. The van der Waals surface area contributed by atoms with E-state index in [1.807, 2.05) is 48.5 Å². The van der Waals surface area contributed by atoms with Crippen molar-refractivity contribution in [1.82, 2.24) is 10.6 Å². The third kappa shape index (κ3) is 9.67. The first-order valence-corrected chi connectivity index (χ1v) is 17.1. The van der Waals surface area contributed by atoms with Crippen molar-refractivity contribution >= 4 is 17.5 Å². The largest absolute Gasteiger partial charge is 0.497 e. The minimum Gasteiger partial charge on any atom is -0.497 e. The first-order chi connectivity index (χ1) is 24.8. The molecule has 0 aliphatic heterocycles. The molecule has 0 saturated heterocycles. The molecule has 0 unspecified atom stereocenters. The number of carbonyl (C=O) groups excluding carboxylic acids is 2. The Morgan fingerprint density at radius 3 is 1.98 bits per heavy atom. The van der Waals surface area contributed by atoms with Gasteiger partial charge in [0.25, 0.3) is 0 Å². The number of halogens is 1. The maximum absolute atomic E-state index is 13.8. The molecule has 0 saturated carbocycles. The predicted molar refractivity (Wildman–Crippen MR) is 199 cm³/mol. The Balaban J connectivity index is 1.32. The summed E-state index contributed by atoms with van der Waals surface area (Å²) in [7, 11) is 1.65. The van der Waals surface area contributed by atoms with Gasteiger partial charge in [0.05, 0.1) is 25.3 Å². The molecule has 0 spiro atoms. The number of amides is 2. The fourth-order valence-corrected chi connectivity index (χ4v) is 6.25. The van der Waals surface area contributed by atoms with Crippen molar-refractivity contribution in [1.29, 1.82) is 0 Å². The number of hydrogen-bond donors (Lipinski definition) is 5. The Morgan fingerprint density at radius 2 is 1.39 bits per heavy atom. The smallest absolute Gasteiger partial charge is 0.246 e. The number of nitrogens with one attached hydrogen (secondary N) is 3. The van der Waals surface area contributed by atoms with Gasteiger partial charge in [0.2, 0.25) is 11.8 Å². The summed E-state index contributed by atoms with van der Waals surface area (Å²) in [4.78, 5) is 26.8. The quantitative estimate of drug-likeness (QED) is 0.0597. The van der Waals surface area contributed by atoms with Gasteiger partial charge in [-0.25, -0.2) is 4.39 Å². The second kappa shape index (κ2) is 18.1. The summed E-state index contributed by atoms with van der Waals surface area (Å²) >= 11 is 0. The van der Waals surface area contributed by atoms with Gasteiger partial charge in [0, 0.05) is 5.69 Å². The van der Waals surface area contributed by atoms with Gasteiger partial charge in [-0.1, -0.05) is 97.1 Å². The van der Waals surface area contributed by atoms with Crippen LogP contribution in [0.2, 0.25) is 0 Å². The third-order valence-electron chi connectivity index (χ3n) is 8.96. The van der Waals surface area contributed by atoms with Crippen LogP contribution in [0.5, 0.6) is 5.75 Å². The fraction of sp³-hybridized carbons (Fsp3) is 0.238. The van der Waals surface area contributed by atoms with Crippen LogP contribution in [0, 0.1) is 5.82 Å². The van der Waals surface area contributed by atoms with Crippen LogP contribution in [-0.4, -0.2) is 42.7 Å². The van der Waals surface area contributed by atoms with E-state index in [1.165, 1.54) is 12.1 Å². The van der Waals surface area contributed by atoms with Gasteiger partial charge in [-0.15, -0.1) is 0 Å². The van der Waals surface area contributed by atoms with Crippen molar-refractivity contribution in [2.24, 2.45) is 5.73 Å². The SMILES string of the molecule is COc1ccc(C(NCCCC[C@H](NC(=O)[C@@H](N)Cc2cccc(F)c2)C(=O)Nc2ccc(CO)cc2)(c2ccccc2)c2ccccc2)cc1. The molecule has 0 aliphatic carbocycles. The predicted octanol–water partition coefficient (Wildman–Crippen LogP) is 6.07. The summed E-state index contributed by atoms with van der Waals surface area (Å²) in [5.41, 5.74) is 10.6. The highest BCUT2D eigenvalue weighted by atomic mass is 19.1. The lowest BCUT2D eigenvalue weighted by Crippen LogP contribution is -2.50. The average Bonchev–Trinajstić information content (AvgIpc) is 3.17. The van der Waals surface area contributed by atoms with Crippen molar-refractivity contribution < 1.29 is 23.8 Å². The topological polar surface area (TPSA) is 126 Å². The zero-order valence-corrected chi connectivity index (χ0v) is 28.7. The maximum atomic E-state index is 13.8. The second-order valence-corrected chi connectivity index (χ2v) is 12.5. The minimum atomic E-state index is -0.977. The minimum absolute atomic E-state index is 0.113. The van der Waals surface area contributed by atoms with Crippen LogP contribution in [0.1, 0.15) is 47.1 Å². The molecule has 0 fully saturated rings. The molecular weight excluding hydrogens is 643 g/mol. The van der Waals surface area contributed by atoms with Crippen LogP contribution in [-0.2, 0) is 28.2 Å². The van der Waals surface area contributed by atoms with E-state index in [0.29, 0.717) is 42.6 Å².